The molecule has 142 valence electrons. The lowest BCUT2D eigenvalue weighted by molar-refractivity contribution is -0.145. The second-order valence-corrected chi connectivity index (χ2v) is 9.08. The maximum absolute atomic E-state index is 12.8. The van der Waals surface area contributed by atoms with E-state index in [1.807, 2.05) is 13.8 Å². The number of hydrogen-bond donors (Lipinski definition) is 0. The van der Waals surface area contributed by atoms with E-state index in [4.69, 9.17) is 9.47 Å². The highest BCUT2D eigenvalue weighted by atomic mass is 32.2. The third kappa shape index (κ3) is 3.91. The molecule has 3 atom stereocenters. The first-order valence-electron chi connectivity index (χ1n) is 8.75. The molecule has 7 nitrogen and oxygen atoms in total. The van der Waals surface area contributed by atoms with Crippen molar-refractivity contribution in [1.29, 1.82) is 0 Å². The second kappa shape index (κ2) is 7.36. The van der Waals surface area contributed by atoms with Crippen molar-refractivity contribution in [3.05, 3.63) is 29.8 Å². The highest BCUT2D eigenvalue weighted by molar-refractivity contribution is 7.89. The Bertz CT molecular complexity index is 778. The summed E-state index contributed by atoms with van der Waals surface area (Å²) in [4.78, 5) is 23.6. The third-order valence-electron chi connectivity index (χ3n) is 4.70. The van der Waals surface area contributed by atoms with Crippen LogP contribution in [0.2, 0.25) is 0 Å². The minimum Gasteiger partial charge on any atom is -0.463 e. The van der Waals surface area contributed by atoms with E-state index < -0.39 is 28.1 Å². The quantitative estimate of drug-likeness (QED) is 0.739. The Kier molecular flexibility index (Phi) is 5.34. The van der Waals surface area contributed by atoms with Crippen LogP contribution < -0.4 is 0 Å². The summed E-state index contributed by atoms with van der Waals surface area (Å²) in [7, 11) is -3.59. The summed E-state index contributed by atoms with van der Waals surface area (Å²) >= 11 is 0. The van der Waals surface area contributed by atoms with Crippen molar-refractivity contribution in [2.75, 3.05) is 19.7 Å². The molecular formula is C18H23NO6S. The van der Waals surface area contributed by atoms with Gasteiger partial charge in [0.15, 0.2) is 0 Å². The summed E-state index contributed by atoms with van der Waals surface area (Å²) in [6, 6.07) is 5.63. The number of carbonyl (C=O) groups excluding carboxylic acids is 2. The summed E-state index contributed by atoms with van der Waals surface area (Å²) in [5.74, 6) is -0.591. The summed E-state index contributed by atoms with van der Waals surface area (Å²) < 4.78 is 37.0. The fourth-order valence-electron chi connectivity index (χ4n) is 3.50. The lowest BCUT2D eigenvalue weighted by atomic mass is 9.94. The Morgan fingerprint density at radius 2 is 1.77 bits per heavy atom. The van der Waals surface area contributed by atoms with Crippen LogP contribution in [0.4, 0.5) is 0 Å². The molecule has 2 heterocycles. The van der Waals surface area contributed by atoms with Crippen LogP contribution in [-0.4, -0.2) is 50.5 Å². The van der Waals surface area contributed by atoms with Gasteiger partial charge >= 0.3 is 11.9 Å². The largest absolute Gasteiger partial charge is 0.463 e. The summed E-state index contributed by atoms with van der Waals surface area (Å²) in [6.07, 6.45) is 0.463. The van der Waals surface area contributed by atoms with Crippen LogP contribution in [0.25, 0.3) is 0 Å². The molecular weight excluding hydrogens is 358 g/mol. The van der Waals surface area contributed by atoms with Gasteiger partial charge in [-0.05, 0) is 42.5 Å². The van der Waals surface area contributed by atoms with Crippen LogP contribution in [-0.2, 0) is 24.3 Å². The Hall–Kier alpha value is -1.93. The number of benzene rings is 1. The number of carbonyl (C=O) groups is 2. The molecule has 26 heavy (non-hydrogen) atoms. The molecule has 0 bridgehead atoms. The Morgan fingerprint density at radius 3 is 2.31 bits per heavy atom. The first-order chi connectivity index (χ1) is 12.3. The monoisotopic (exact) mass is 381 g/mol. The molecule has 2 aliphatic rings. The van der Waals surface area contributed by atoms with Gasteiger partial charge < -0.3 is 9.47 Å². The molecule has 0 spiro atoms. The minimum atomic E-state index is -3.59. The molecule has 0 aromatic heterocycles. The number of nitrogens with zero attached hydrogens (tertiary/aromatic N) is 1. The molecule has 2 fully saturated rings. The van der Waals surface area contributed by atoms with Gasteiger partial charge in [0.25, 0.3) is 0 Å². The molecule has 3 rings (SSSR count). The molecule has 2 saturated heterocycles. The number of ether oxygens (including phenoxy) is 2. The molecule has 0 N–H and O–H groups in total. The molecule has 1 aromatic rings. The van der Waals surface area contributed by atoms with Gasteiger partial charge in [0, 0.05) is 19.5 Å². The highest BCUT2D eigenvalue weighted by Crippen LogP contribution is 2.27. The third-order valence-corrected chi connectivity index (χ3v) is 6.55. The molecule has 0 amide bonds. The van der Waals surface area contributed by atoms with Gasteiger partial charge in [0.1, 0.15) is 0 Å². The lowest BCUT2D eigenvalue weighted by Gasteiger charge is -2.34. The molecule has 2 aliphatic heterocycles. The molecule has 0 saturated carbocycles. The van der Waals surface area contributed by atoms with E-state index in [0.29, 0.717) is 31.3 Å². The number of rotatable bonds is 4. The van der Waals surface area contributed by atoms with Crippen LogP contribution in [0.3, 0.4) is 0 Å². The zero-order valence-corrected chi connectivity index (χ0v) is 15.7. The zero-order valence-electron chi connectivity index (χ0n) is 14.9. The predicted octanol–water partition coefficient (Wildman–Crippen LogP) is 1.83. The Labute approximate surface area is 153 Å². The van der Waals surface area contributed by atoms with E-state index in [1.165, 1.54) is 28.6 Å². The summed E-state index contributed by atoms with van der Waals surface area (Å²) in [5.41, 5.74) is 0.198. The molecule has 0 unspecified atom stereocenters. The first kappa shape index (κ1) is 18.8. The maximum atomic E-state index is 12.8. The van der Waals surface area contributed by atoms with Crippen LogP contribution in [0, 0.1) is 11.8 Å². The van der Waals surface area contributed by atoms with E-state index in [9.17, 15) is 18.0 Å². The van der Waals surface area contributed by atoms with Crippen LogP contribution in [0.1, 0.15) is 37.0 Å². The fourth-order valence-corrected chi connectivity index (χ4v) is 5.18. The molecule has 0 radical (unpaired) electrons. The van der Waals surface area contributed by atoms with Crippen LogP contribution >= 0.6 is 0 Å². The van der Waals surface area contributed by atoms with E-state index in [0.717, 1.165) is 6.42 Å². The van der Waals surface area contributed by atoms with Gasteiger partial charge in [0.2, 0.25) is 16.1 Å². The van der Waals surface area contributed by atoms with Crippen molar-refractivity contribution >= 4 is 22.0 Å². The molecule has 8 heteroatoms. The standard InChI is InChI=1S/C18H23NO6S/c1-12-9-13(2)11-19(10-12)26(22,23)15-5-3-14(4-6-15)17(20)25-16-7-8-24-18(16)21/h3-6,12-13,16H,7-11H2,1-2H3/t12-,13+,16-/m0/s1. The minimum absolute atomic E-state index is 0.149. The Balaban J connectivity index is 1.72. The first-order valence-corrected chi connectivity index (χ1v) is 10.2. The smallest absolute Gasteiger partial charge is 0.347 e. The summed E-state index contributed by atoms with van der Waals surface area (Å²) in [5, 5.41) is 0. The van der Waals surface area contributed by atoms with Gasteiger partial charge in [0.05, 0.1) is 17.1 Å². The van der Waals surface area contributed by atoms with Crippen molar-refractivity contribution in [1.82, 2.24) is 4.31 Å². The van der Waals surface area contributed by atoms with Crippen molar-refractivity contribution < 1.29 is 27.5 Å². The number of esters is 2. The summed E-state index contributed by atoms with van der Waals surface area (Å²) in [6.45, 7) is 5.33. The number of piperidine rings is 1. The van der Waals surface area contributed by atoms with E-state index in [-0.39, 0.29) is 17.1 Å². The van der Waals surface area contributed by atoms with Crippen molar-refractivity contribution in [2.45, 2.75) is 37.7 Å². The zero-order chi connectivity index (χ0) is 18.9. The predicted molar refractivity (Wildman–Crippen MR) is 92.9 cm³/mol. The van der Waals surface area contributed by atoms with Crippen LogP contribution in [0.5, 0.6) is 0 Å². The fraction of sp³-hybridized carbons (Fsp3) is 0.556. The van der Waals surface area contributed by atoms with Gasteiger partial charge in [-0.15, -0.1) is 0 Å². The average molecular weight is 381 g/mol. The topological polar surface area (TPSA) is 90.0 Å². The van der Waals surface area contributed by atoms with Crippen molar-refractivity contribution in [3.63, 3.8) is 0 Å². The van der Waals surface area contributed by atoms with Gasteiger partial charge in [-0.3, -0.25) is 0 Å². The molecule has 0 aliphatic carbocycles. The van der Waals surface area contributed by atoms with Gasteiger partial charge in [-0.1, -0.05) is 13.8 Å². The highest BCUT2D eigenvalue weighted by Gasteiger charge is 2.33. The number of cyclic esters (lactones) is 1. The lowest BCUT2D eigenvalue weighted by Crippen LogP contribution is -2.42. The number of sulfonamides is 1. The maximum Gasteiger partial charge on any atom is 0.347 e. The van der Waals surface area contributed by atoms with Crippen LogP contribution in [0.15, 0.2) is 29.2 Å². The number of hydrogen-bond acceptors (Lipinski definition) is 6. The molecule has 1 aromatic carbocycles. The normalized spacial score (nSPS) is 27.2. The average Bonchev–Trinajstić information content (AvgIpc) is 2.99. The van der Waals surface area contributed by atoms with Gasteiger partial charge in [-0.25, -0.2) is 18.0 Å². The SMILES string of the molecule is C[C@@H]1C[C@H](C)CN(S(=O)(=O)c2ccc(C(=O)O[C@H]3CCOC3=O)cc2)C1. The van der Waals surface area contributed by atoms with Crippen molar-refractivity contribution in [3.8, 4) is 0 Å². The Morgan fingerprint density at radius 1 is 1.15 bits per heavy atom. The second-order valence-electron chi connectivity index (χ2n) is 7.14. The van der Waals surface area contributed by atoms with Crippen molar-refractivity contribution in [2.24, 2.45) is 11.8 Å². The van der Waals surface area contributed by atoms with E-state index in [2.05, 4.69) is 0 Å². The van der Waals surface area contributed by atoms with E-state index in [1.54, 1.807) is 0 Å². The van der Waals surface area contributed by atoms with E-state index >= 15 is 0 Å². The van der Waals surface area contributed by atoms with Gasteiger partial charge in [-0.2, -0.15) is 4.31 Å².